The number of carboxylic acid groups (broad SMARTS) is 1. The minimum Gasteiger partial charge on any atom is -0.475 e. The average Bonchev–Trinajstić information content (AvgIpc) is 3.36. The van der Waals surface area contributed by atoms with E-state index >= 15 is 0 Å². The van der Waals surface area contributed by atoms with Gasteiger partial charge in [-0.2, -0.15) is 13.2 Å². The Morgan fingerprint density at radius 2 is 1.68 bits per heavy atom. The summed E-state index contributed by atoms with van der Waals surface area (Å²) in [6, 6.07) is 10.7. The van der Waals surface area contributed by atoms with Crippen molar-refractivity contribution in [2.75, 3.05) is 18.8 Å². The molecule has 0 spiro atoms. The van der Waals surface area contributed by atoms with Gasteiger partial charge in [0.05, 0.1) is 16.8 Å². The molecular formula is C28H32F3N3O5S. The van der Waals surface area contributed by atoms with Gasteiger partial charge in [-0.05, 0) is 91.3 Å². The Kier molecular flexibility index (Phi) is 8.60. The molecule has 0 radical (unpaired) electrons. The molecule has 1 fully saturated rings. The van der Waals surface area contributed by atoms with Crippen molar-refractivity contribution in [2.45, 2.75) is 57.5 Å². The number of aromatic amines is 1. The maximum absolute atomic E-state index is 12.3. The van der Waals surface area contributed by atoms with Crippen LogP contribution in [0.15, 0.2) is 36.5 Å². The molecule has 8 nitrogen and oxygen atoms in total. The van der Waals surface area contributed by atoms with Crippen LogP contribution in [0.4, 0.5) is 13.2 Å². The van der Waals surface area contributed by atoms with Crippen LogP contribution in [0.2, 0.25) is 0 Å². The largest absolute Gasteiger partial charge is 0.490 e. The van der Waals surface area contributed by atoms with Gasteiger partial charge in [-0.25, -0.2) is 17.5 Å². The topological polar surface area (TPSA) is 134 Å². The van der Waals surface area contributed by atoms with Crippen LogP contribution in [0, 0.1) is 0 Å². The zero-order valence-electron chi connectivity index (χ0n) is 22.1. The number of aryl methyl sites for hydroxylation is 2. The highest BCUT2D eigenvalue weighted by Gasteiger charge is 2.38. The number of sulfonamides is 1. The summed E-state index contributed by atoms with van der Waals surface area (Å²) >= 11 is 0. The van der Waals surface area contributed by atoms with Crippen molar-refractivity contribution in [1.82, 2.24) is 9.29 Å². The molecule has 0 saturated carbocycles. The van der Waals surface area contributed by atoms with Crippen molar-refractivity contribution >= 4 is 32.8 Å². The first-order valence-corrected chi connectivity index (χ1v) is 14.8. The molecule has 2 aliphatic rings. The maximum atomic E-state index is 12.3. The zero-order chi connectivity index (χ0) is 29.2. The van der Waals surface area contributed by atoms with Crippen LogP contribution < -0.4 is 5.73 Å². The number of fused-ring (bicyclic) bond motifs is 2. The molecular weight excluding hydrogens is 547 g/mol. The van der Waals surface area contributed by atoms with Crippen molar-refractivity contribution in [1.29, 1.82) is 0 Å². The third-order valence-electron chi connectivity index (χ3n) is 7.66. The predicted octanol–water partition coefficient (Wildman–Crippen LogP) is 4.98. The number of halogens is 3. The Balaban J connectivity index is 0.000000470. The Bertz CT molecular complexity index is 1520. The van der Waals surface area contributed by atoms with Crippen LogP contribution in [0.5, 0.6) is 0 Å². The van der Waals surface area contributed by atoms with Gasteiger partial charge < -0.3 is 15.8 Å². The summed E-state index contributed by atoms with van der Waals surface area (Å²) in [5.74, 6) is -2.83. The molecule has 1 aromatic heterocycles. The normalized spacial score (nSPS) is 16.7. The number of hydrogen-bond donors (Lipinski definition) is 3. The SMILES string of the molecule is CCS(=O)(=O)N1CCC(c2c[nH]c3c(C(N)=O)cc(-c4ccc5c(c4)CCCC5)cc23)CC1.O=C(O)C(F)(F)F. The minimum absolute atomic E-state index is 0.136. The first-order valence-electron chi connectivity index (χ1n) is 13.2. The molecule has 0 bridgehead atoms. The van der Waals surface area contributed by atoms with Gasteiger partial charge in [0.1, 0.15) is 0 Å². The molecule has 1 aliphatic heterocycles. The van der Waals surface area contributed by atoms with E-state index in [9.17, 15) is 26.4 Å². The Hall–Kier alpha value is -3.38. The molecule has 0 atom stereocenters. The lowest BCUT2D eigenvalue weighted by Crippen LogP contribution is -2.38. The lowest BCUT2D eigenvalue weighted by molar-refractivity contribution is -0.192. The summed E-state index contributed by atoms with van der Waals surface area (Å²) in [4.78, 5) is 24.5. The number of carboxylic acids is 1. The number of H-pyrrole nitrogens is 1. The number of rotatable bonds is 5. The van der Waals surface area contributed by atoms with E-state index in [-0.39, 0.29) is 11.7 Å². The van der Waals surface area contributed by atoms with E-state index in [1.165, 1.54) is 24.0 Å². The molecule has 2 aromatic carbocycles. The maximum Gasteiger partial charge on any atom is 0.490 e. The van der Waals surface area contributed by atoms with E-state index in [0.29, 0.717) is 18.7 Å². The van der Waals surface area contributed by atoms with E-state index in [2.05, 4.69) is 29.2 Å². The van der Waals surface area contributed by atoms with Crippen molar-refractivity contribution < 1.29 is 36.3 Å². The smallest absolute Gasteiger partial charge is 0.475 e. The quantitative estimate of drug-likeness (QED) is 0.392. The highest BCUT2D eigenvalue weighted by Crippen LogP contribution is 2.38. The van der Waals surface area contributed by atoms with Crippen molar-refractivity contribution in [3.8, 4) is 11.1 Å². The van der Waals surface area contributed by atoms with Crippen LogP contribution in [0.1, 0.15) is 65.6 Å². The monoisotopic (exact) mass is 579 g/mol. The number of piperidine rings is 1. The number of nitrogens with two attached hydrogens (primary N) is 1. The van der Waals surface area contributed by atoms with Gasteiger partial charge >= 0.3 is 12.1 Å². The predicted molar refractivity (Wildman–Crippen MR) is 146 cm³/mol. The Labute approximate surface area is 230 Å². The minimum atomic E-state index is -5.08. The van der Waals surface area contributed by atoms with Gasteiger partial charge in [-0.15, -0.1) is 0 Å². The Morgan fingerprint density at radius 1 is 1.05 bits per heavy atom. The molecule has 0 unspecified atom stereocenters. The third-order valence-corrected chi connectivity index (χ3v) is 9.54. The first-order chi connectivity index (χ1) is 18.8. The first kappa shape index (κ1) is 29.6. The number of aromatic nitrogens is 1. The average molecular weight is 580 g/mol. The number of carbonyl (C=O) groups excluding carboxylic acids is 1. The molecule has 216 valence electrons. The summed E-state index contributed by atoms with van der Waals surface area (Å²) in [6.07, 6.45) is 3.12. The molecule has 1 saturated heterocycles. The third kappa shape index (κ3) is 6.33. The van der Waals surface area contributed by atoms with Crippen molar-refractivity contribution in [3.63, 3.8) is 0 Å². The second-order valence-electron chi connectivity index (χ2n) is 10.1. The number of benzene rings is 2. The van der Waals surface area contributed by atoms with Crippen molar-refractivity contribution in [3.05, 3.63) is 58.8 Å². The van der Waals surface area contributed by atoms with Crippen LogP contribution >= 0.6 is 0 Å². The van der Waals surface area contributed by atoms with Gasteiger partial charge in [0.15, 0.2) is 0 Å². The summed E-state index contributed by atoms with van der Waals surface area (Å²) in [5.41, 5.74) is 13.1. The lowest BCUT2D eigenvalue weighted by Gasteiger charge is -2.31. The van der Waals surface area contributed by atoms with E-state index in [4.69, 9.17) is 15.6 Å². The summed E-state index contributed by atoms with van der Waals surface area (Å²) in [5, 5.41) is 8.14. The Morgan fingerprint density at radius 3 is 2.25 bits per heavy atom. The van der Waals surface area contributed by atoms with Gasteiger partial charge in [0.25, 0.3) is 5.91 Å². The van der Waals surface area contributed by atoms with E-state index < -0.39 is 28.1 Å². The number of hydrogen-bond acceptors (Lipinski definition) is 4. The van der Waals surface area contributed by atoms with E-state index in [0.717, 1.165) is 53.3 Å². The number of carbonyl (C=O) groups is 2. The van der Waals surface area contributed by atoms with Crippen LogP contribution in [-0.4, -0.2) is 59.7 Å². The molecule has 12 heteroatoms. The van der Waals surface area contributed by atoms with Gasteiger partial charge in [0.2, 0.25) is 10.0 Å². The number of alkyl halides is 3. The standard InChI is InChI=1S/C26H31N3O3S.C2HF3O2/c1-2-33(31,32)29-11-9-18(10-12-29)24-16-28-25-22(24)14-21(15-23(25)26(27)30)20-8-7-17-5-3-4-6-19(17)13-20;3-2(4,5)1(6)7/h7-8,13-16,18,28H,2-6,9-12H2,1H3,(H2,27,30);(H,6,7). The van der Waals surface area contributed by atoms with E-state index in [1.807, 2.05) is 12.3 Å². The second-order valence-corrected chi connectivity index (χ2v) is 12.4. The number of aliphatic carboxylic acids is 1. The summed E-state index contributed by atoms with van der Waals surface area (Å²) < 4.78 is 57.8. The number of nitrogens with one attached hydrogen (secondary N) is 1. The van der Waals surface area contributed by atoms with Gasteiger partial charge in [-0.3, -0.25) is 4.79 Å². The highest BCUT2D eigenvalue weighted by molar-refractivity contribution is 7.89. The van der Waals surface area contributed by atoms with Crippen LogP contribution in [-0.2, 0) is 27.7 Å². The summed E-state index contributed by atoms with van der Waals surface area (Å²) in [7, 11) is -3.16. The molecule has 4 N–H and O–H groups in total. The summed E-state index contributed by atoms with van der Waals surface area (Å²) in [6.45, 7) is 2.75. The van der Waals surface area contributed by atoms with Crippen LogP contribution in [0.25, 0.3) is 22.0 Å². The number of primary amides is 1. The fourth-order valence-electron chi connectivity index (χ4n) is 5.49. The number of amides is 1. The van der Waals surface area contributed by atoms with E-state index in [1.54, 1.807) is 11.2 Å². The molecule has 1 aliphatic carbocycles. The molecule has 3 aromatic rings. The highest BCUT2D eigenvalue weighted by atomic mass is 32.2. The fraction of sp³-hybridized carbons (Fsp3) is 0.429. The lowest BCUT2D eigenvalue weighted by atomic mass is 9.87. The molecule has 2 heterocycles. The molecule has 40 heavy (non-hydrogen) atoms. The van der Waals surface area contributed by atoms with Crippen LogP contribution in [0.3, 0.4) is 0 Å². The fourth-order valence-corrected chi connectivity index (χ4v) is 6.62. The molecule has 5 rings (SSSR count). The number of nitrogens with zero attached hydrogens (tertiary/aromatic N) is 1. The van der Waals surface area contributed by atoms with Gasteiger partial charge in [0, 0.05) is 24.7 Å². The van der Waals surface area contributed by atoms with Gasteiger partial charge in [-0.1, -0.05) is 18.2 Å². The molecule has 1 amide bonds. The van der Waals surface area contributed by atoms with Crippen molar-refractivity contribution in [2.24, 2.45) is 5.73 Å². The zero-order valence-corrected chi connectivity index (χ0v) is 22.9. The second kappa shape index (κ2) is 11.6.